The molecule has 0 radical (unpaired) electrons. The van der Waals surface area contributed by atoms with E-state index < -0.39 is 11.9 Å². The van der Waals surface area contributed by atoms with Crippen LogP contribution in [0.15, 0.2) is 0 Å². The lowest BCUT2D eigenvalue weighted by Gasteiger charge is -2.05. The molecule has 0 aromatic carbocycles. The molecule has 114 valence electrons. The average Bonchev–Trinajstić information content (AvgIpc) is 3.24. The molecule has 1 aromatic rings. The van der Waals surface area contributed by atoms with Crippen molar-refractivity contribution in [3.8, 4) is 0 Å². The molecule has 0 aliphatic heterocycles. The van der Waals surface area contributed by atoms with Gasteiger partial charge in [0, 0.05) is 5.92 Å². The third-order valence-electron chi connectivity index (χ3n) is 3.18. The third kappa shape index (κ3) is 3.24. The molecule has 1 aliphatic carbocycles. The number of hydrogen-bond acceptors (Lipinski definition) is 6. The number of carbonyl (C=O) groups is 3. The van der Waals surface area contributed by atoms with E-state index in [4.69, 9.17) is 9.47 Å². The largest absolute Gasteiger partial charge is 0.465 e. The topological polar surface area (TPSA) is 81.7 Å². The Hall–Kier alpha value is -1.89. The first-order chi connectivity index (χ1) is 9.99. The van der Waals surface area contributed by atoms with Crippen molar-refractivity contribution in [2.24, 2.45) is 5.92 Å². The normalized spacial score (nSPS) is 13.7. The molecule has 6 nitrogen and oxygen atoms in total. The Bertz CT molecular complexity index is 588. The minimum atomic E-state index is -0.578. The molecule has 0 spiro atoms. The minimum Gasteiger partial charge on any atom is -0.465 e. The van der Waals surface area contributed by atoms with Crippen LogP contribution in [-0.2, 0) is 14.3 Å². The molecule has 0 atom stereocenters. The molecule has 7 heteroatoms. The van der Waals surface area contributed by atoms with Gasteiger partial charge in [0.1, 0.15) is 9.88 Å². The van der Waals surface area contributed by atoms with Crippen LogP contribution < -0.4 is 5.32 Å². The summed E-state index contributed by atoms with van der Waals surface area (Å²) in [6.07, 6.45) is 1.71. The van der Waals surface area contributed by atoms with E-state index in [0.29, 0.717) is 15.4 Å². The SMILES string of the molecule is CCOC(=O)c1sc(NC(=O)C2CC2)c(C(=O)OC)c1C. The highest BCUT2D eigenvalue weighted by atomic mass is 32.1. The maximum Gasteiger partial charge on any atom is 0.348 e. The lowest BCUT2D eigenvalue weighted by molar-refractivity contribution is -0.117. The Morgan fingerprint density at radius 1 is 1.29 bits per heavy atom. The molecule has 0 saturated heterocycles. The van der Waals surface area contributed by atoms with E-state index >= 15 is 0 Å². The fourth-order valence-corrected chi connectivity index (χ4v) is 2.99. The molecule has 0 unspecified atom stereocenters. The zero-order chi connectivity index (χ0) is 15.6. The summed E-state index contributed by atoms with van der Waals surface area (Å²) in [5, 5.41) is 3.06. The molecule has 21 heavy (non-hydrogen) atoms. The molecule has 1 amide bonds. The van der Waals surface area contributed by atoms with Crippen molar-refractivity contribution in [3.63, 3.8) is 0 Å². The van der Waals surface area contributed by atoms with Gasteiger partial charge < -0.3 is 14.8 Å². The van der Waals surface area contributed by atoms with Crippen LogP contribution in [0.25, 0.3) is 0 Å². The average molecular weight is 311 g/mol. The van der Waals surface area contributed by atoms with Gasteiger partial charge >= 0.3 is 11.9 Å². The summed E-state index contributed by atoms with van der Waals surface area (Å²) in [5.74, 6) is -1.21. The van der Waals surface area contributed by atoms with Crippen molar-refractivity contribution >= 4 is 34.2 Å². The predicted molar refractivity (Wildman–Crippen MR) is 77.7 cm³/mol. The van der Waals surface area contributed by atoms with Gasteiger partial charge in [-0.25, -0.2) is 9.59 Å². The van der Waals surface area contributed by atoms with Crippen molar-refractivity contribution in [1.29, 1.82) is 0 Å². The molecule has 1 heterocycles. The number of amides is 1. The smallest absolute Gasteiger partial charge is 0.348 e. The molecular weight excluding hydrogens is 294 g/mol. The number of thiophene rings is 1. The quantitative estimate of drug-likeness (QED) is 0.844. The van der Waals surface area contributed by atoms with Crippen molar-refractivity contribution in [2.45, 2.75) is 26.7 Å². The van der Waals surface area contributed by atoms with Crippen molar-refractivity contribution in [2.75, 3.05) is 19.0 Å². The summed E-state index contributed by atoms with van der Waals surface area (Å²) in [4.78, 5) is 36.0. The lowest BCUT2D eigenvalue weighted by Crippen LogP contribution is -2.15. The van der Waals surface area contributed by atoms with Crippen LogP contribution in [0.4, 0.5) is 5.00 Å². The van der Waals surface area contributed by atoms with Gasteiger partial charge in [0.25, 0.3) is 0 Å². The number of hydrogen-bond donors (Lipinski definition) is 1. The first-order valence-electron chi connectivity index (χ1n) is 6.69. The Morgan fingerprint density at radius 2 is 1.95 bits per heavy atom. The molecule has 1 aliphatic rings. The number of nitrogens with one attached hydrogen (secondary N) is 1. The highest BCUT2D eigenvalue weighted by Gasteiger charge is 2.32. The Kier molecular flexibility index (Phi) is 4.62. The second-order valence-corrected chi connectivity index (χ2v) is 5.76. The van der Waals surface area contributed by atoms with Gasteiger partial charge in [0.05, 0.1) is 19.3 Å². The fourth-order valence-electron chi connectivity index (χ4n) is 1.90. The fraction of sp³-hybridized carbons (Fsp3) is 0.500. The van der Waals surface area contributed by atoms with E-state index in [1.807, 2.05) is 0 Å². The van der Waals surface area contributed by atoms with Gasteiger partial charge in [-0.2, -0.15) is 0 Å². The molecule has 2 rings (SSSR count). The van der Waals surface area contributed by atoms with Gasteiger partial charge in [0.15, 0.2) is 0 Å². The monoisotopic (exact) mass is 311 g/mol. The van der Waals surface area contributed by atoms with Crippen LogP contribution in [0.1, 0.15) is 45.4 Å². The number of ether oxygens (including phenoxy) is 2. The van der Waals surface area contributed by atoms with Crippen LogP contribution in [0.3, 0.4) is 0 Å². The van der Waals surface area contributed by atoms with E-state index in [-0.39, 0.29) is 24.0 Å². The first kappa shape index (κ1) is 15.5. The minimum absolute atomic E-state index is 0.00365. The van der Waals surface area contributed by atoms with E-state index in [0.717, 1.165) is 24.2 Å². The summed E-state index contributed by atoms with van der Waals surface area (Å²) in [6.45, 7) is 3.59. The Labute approximate surface area is 126 Å². The summed E-state index contributed by atoms with van der Waals surface area (Å²) in [7, 11) is 1.26. The first-order valence-corrected chi connectivity index (χ1v) is 7.50. The van der Waals surface area contributed by atoms with Crippen LogP contribution in [0.5, 0.6) is 0 Å². The number of esters is 2. The summed E-state index contributed by atoms with van der Waals surface area (Å²) < 4.78 is 9.69. The van der Waals surface area contributed by atoms with E-state index in [1.165, 1.54) is 7.11 Å². The van der Waals surface area contributed by atoms with E-state index in [1.54, 1.807) is 13.8 Å². The lowest BCUT2D eigenvalue weighted by atomic mass is 10.1. The van der Waals surface area contributed by atoms with Crippen molar-refractivity contribution < 1.29 is 23.9 Å². The summed E-state index contributed by atoms with van der Waals surface area (Å²) >= 11 is 1.04. The molecule has 1 N–H and O–H groups in total. The van der Waals surface area contributed by atoms with Gasteiger partial charge in [0.2, 0.25) is 5.91 Å². The predicted octanol–water partition coefficient (Wildman–Crippen LogP) is 2.37. The summed E-state index contributed by atoms with van der Waals surface area (Å²) in [5.41, 5.74) is 0.691. The van der Waals surface area contributed by atoms with Crippen LogP contribution in [0, 0.1) is 12.8 Å². The number of anilines is 1. The van der Waals surface area contributed by atoms with Crippen LogP contribution in [-0.4, -0.2) is 31.6 Å². The van der Waals surface area contributed by atoms with Gasteiger partial charge in [-0.1, -0.05) is 0 Å². The van der Waals surface area contributed by atoms with Crippen LogP contribution >= 0.6 is 11.3 Å². The standard InChI is InChI=1S/C14H17NO5S/c1-4-20-14(18)10-7(2)9(13(17)19-3)12(21-10)15-11(16)8-5-6-8/h8H,4-6H2,1-3H3,(H,15,16). The van der Waals surface area contributed by atoms with Gasteiger partial charge in [-0.05, 0) is 32.3 Å². The maximum absolute atomic E-state index is 11.9. The van der Waals surface area contributed by atoms with Crippen molar-refractivity contribution in [1.82, 2.24) is 0 Å². The zero-order valence-corrected chi connectivity index (χ0v) is 13.0. The Morgan fingerprint density at radius 3 is 2.48 bits per heavy atom. The number of rotatable bonds is 5. The van der Waals surface area contributed by atoms with Crippen molar-refractivity contribution in [3.05, 3.63) is 16.0 Å². The number of carbonyl (C=O) groups excluding carboxylic acids is 3. The molecule has 0 bridgehead atoms. The maximum atomic E-state index is 11.9. The molecule has 1 aromatic heterocycles. The molecule has 1 fully saturated rings. The Balaban J connectivity index is 2.36. The number of methoxy groups -OCH3 is 1. The molecule has 1 saturated carbocycles. The molecular formula is C14H17NO5S. The summed E-state index contributed by atoms with van der Waals surface area (Å²) in [6, 6.07) is 0. The zero-order valence-electron chi connectivity index (χ0n) is 12.1. The highest BCUT2D eigenvalue weighted by Crippen LogP contribution is 2.36. The van der Waals surface area contributed by atoms with Crippen LogP contribution in [0.2, 0.25) is 0 Å². The second kappa shape index (κ2) is 6.26. The third-order valence-corrected chi connectivity index (χ3v) is 4.37. The van der Waals surface area contributed by atoms with E-state index in [2.05, 4.69) is 5.32 Å². The van der Waals surface area contributed by atoms with Gasteiger partial charge in [-0.15, -0.1) is 11.3 Å². The highest BCUT2D eigenvalue weighted by molar-refractivity contribution is 7.18. The van der Waals surface area contributed by atoms with E-state index in [9.17, 15) is 14.4 Å². The van der Waals surface area contributed by atoms with Gasteiger partial charge in [-0.3, -0.25) is 4.79 Å². The second-order valence-electron chi connectivity index (χ2n) is 4.74.